The highest BCUT2D eigenvalue weighted by atomic mass is 32.2. The fraction of sp³-hybridized carbons (Fsp3) is 0.0854. The van der Waals surface area contributed by atoms with Gasteiger partial charge < -0.3 is 24.4 Å². The summed E-state index contributed by atoms with van der Waals surface area (Å²) in [7, 11) is -12.9. The van der Waals surface area contributed by atoms with E-state index in [0.29, 0.717) is 68.8 Å². The first-order valence-corrected chi connectivity index (χ1v) is 36.5. The Morgan fingerprint density at radius 1 is 0.321 bits per heavy atom. The number of aryl methyl sites for hydroxylation is 2. The zero-order valence-electron chi connectivity index (χ0n) is 57.1. The van der Waals surface area contributed by atoms with Crippen LogP contribution < -0.4 is 14.2 Å². The van der Waals surface area contributed by atoms with Gasteiger partial charge in [-0.3, -0.25) is 23.5 Å². The van der Waals surface area contributed by atoms with E-state index in [1.807, 2.05) is 62.4 Å². The molecule has 0 unspecified atom stereocenters. The number of rotatable bonds is 22. The number of ketones is 3. The Balaban J connectivity index is 0.000000242. The van der Waals surface area contributed by atoms with Crippen molar-refractivity contribution in [2.75, 3.05) is 0 Å². The molecule has 0 aliphatic heterocycles. The summed E-state index contributed by atoms with van der Waals surface area (Å²) in [4.78, 5) is 35.0. The normalized spacial score (nSPS) is 11.5. The van der Waals surface area contributed by atoms with Crippen LogP contribution in [0.3, 0.4) is 0 Å². The molecule has 4 N–H and O–H groups in total. The average Bonchev–Trinajstić information content (AvgIpc) is 0.783. The summed E-state index contributed by atoms with van der Waals surface area (Å²) < 4.78 is 238. The lowest BCUT2D eigenvalue weighted by molar-refractivity contribution is -0.0947. The molecule has 112 heavy (non-hydrogen) atoms. The molecule has 30 heteroatoms. The van der Waals surface area contributed by atoms with Gasteiger partial charge in [0.25, 0.3) is 0 Å². The highest BCUT2D eigenvalue weighted by Crippen LogP contribution is 2.53. The van der Waals surface area contributed by atoms with Gasteiger partial charge in [0.05, 0.1) is 4.90 Å². The molecule has 0 amide bonds. The predicted molar refractivity (Wildman–Crippen MR) is 400 cm³/mol. The molecule has 14 nitrogen and oxygen atoms in total. The lowest BCUT2D eigenvalue weighted by Gasteiger charge is -2.24. The highest BCUT2D eigenvalue weighted by molar-refractivity contribution is 8.02. The fourth-order valence-electron chi connectivity index (χ4n) is 9.61. The van der Waals surface area contributed by atoms with Crippen LogP contribution in [0.4, 0.5) is 52.7 Å². The number of hydrogen-bond acceptors (Lipinski definition) is 14. The molecule has 0 aliphatic carbocycles. The standard InChI is InChI=1S/C47H34F4O7S2.C13H8F2O.C13H10O3.C8H4F6O3S2.CH4/c1-30-3-7-32(8-4-30)33-15-23-41(24-16-33)58-43-29-42(27-28-44(43)59-46(48,49)47(50,51)60(53,54)55)57-40-21-13-35(14-22-40)34-11-19-38(20-12-34)56-39-25-17-37(18-26-39)45(52)36-9-5-31(2)6-10-36;2*14-11-5-1-9(2-6-11)13(16)10-3-7-12(15)8-4-10;9-4-1-5(10)3-6(2-4)18-7(11,12)8(13,14)19(15,16)17;/h3-29H,1-2H3,(H,53,54,55);1-8H;1-8,14-15H;1-3H,(H,15,16,17);1H4. The number of hydrogen-bond donors (Lipinski definition) is 4. The minimum atomic E-state index is -6.47. The van der Waals surface area contributed by atoms with Gasteiger partial charge in [0.15, 0.2) is 17.3 Å². The van der Waals surface area contributed by atoms with E-state index in [4.69, 9.17) is 33.5 Å². The molecule has 0 bridgehead atoms. The summed E-state index contributed by atoms with van der Waals surface area (Å²) in [5.74, 6) is -2.21. The van der Waals surface area contributed by atoms with Crippen LogP contribution in [0.5, 0.6) is 46.0 Å². The Hall–Kier alpha value is -11.7. The van der Waals surface area contributed by atoms with E-state index < -0.39 is 97.8 Å². The summed E-state index contributed by atoms with van der Waals surface area (Å²) in [6.45, 7) is 3.92. The molecule has 12 aromatic rings. The lowest BCUT2D eigenvalue weighted by Crippen LogP contribution is -2.44. The molecule has 0 heterocycles. The van der Waals surface area contributed by atoms with E-state index in [9.17, 15) is 83.9 Å². The fourth-order valence-corrected chi connectivity index (χ4v) is 12.6. The summed E-state index contributed by atoms with van der Waals surface area (Å²) in [5.41, 5.74) is 8.50. The minimum absolute atomic E-state index is 0. The quantitative estimate of drug-likeness (QED) is 0.0214. The van der Waals surface area contributed by atoms with Gasteiger partial charge in [-0.1, -0.05) is 103 Å². The van der Waals surface area contributed by atoms with Crippen LogP contribution in [0.2, 0.25) is 0 Å². The average molecular weight is 1630 g/mol. The number of carbonyl (C=O) groups excluding carboxylic acids is 3. The molecule has 580 valence electrons. The molecule has 0 atom stereocenters. The highest BCUT2D eigenvalue weighted by Gasteiger charge is 2.67. The Labute approximate surface area is 642 Å². The zero-order valence-corrected chi connectivity index (χ0v) is 60.4. The van der Waals surface area contributed by atoms with Gasteiger partial charge in [-0.05, 0) is 242 Å². The van der Waals surface area contributed by atoms with Crippen LogP contribution in [-0.4, -0.2) is 74.5 Å². The zero-order chi connectivity index (χ0) is 80.8. The van der Waals surface area contributed by atoms with Gasteiger partial charge in [0.1, 0.15) is 69.3 Å². The second-order valence-corrected chi connectivity index (χ2v) is 28.9. The van der Waals surface area contributed by atoms with Crippen LogP contribution in [0.15, 0.2) is 289 Å². The van der Waals surface area contributed by atoms with Crippen molar-refractivity contribution >= 4 is 61.1 Å². The summed E-state index contributed by atoms with van der Waals surface area (Å²) in [6, 6.07) is 69.9. The Kier molecular flexibility index (Phi) is 28.0. The molecule has 0 saturated heterocycles. The molecule has 0 saturated carbocycles. The number of phenolic OH excluding ortho intramolecular Hbond substituents is 2. The number of aromatic hydroxyl groups is 2. The van der Waals surface area contributed by atoms with E-state index in [1.165, 1.54) is 84.9 Å². The van der Waals surface area contributed by atoms with Crippen molar-refractivity contribution in [1.82, 2.24) is 0 Å². The van der Waals surface area contributed by atoms with E-state index >= 15 is 0 Å². The minimum Gasteiger partial charge on any atom is -0.508 e. The van der Waals surface area contributed by atoms with Gasteiger partial charge in [-0.25, -0.2) is 17.6 Å². The molecule has 0 aromatic heterocycles. The second-order valence-electron chi connectivity index (χ2n) is 23.7. The number of ether oxygens (including phenoxy) is 3. The van der Waals surface area contributed by atoms with Gasteiger partial charge in [-0.15, -0.1) is 0 Å². The van der Waals surface area contributed by atoms with E-state index in [0.717, 1.165) is 39.4 Å². The van der Waals surface area contributed by atoms with E-state index in [2.05, 4.69) is 0 Å². The largest absolute Gasteiger partial charge is 0.508 e. The van der Waals surface area contributed by atoms with Gasteiger partial charge >= 0.3 is 41.3 Å². The van der Waals surface area contributed by atoms with Crippen LogP contribution in [-0.2, 0) is 20.2 Å². The summed E-state index contributed by atoms with van der Waals surface area (Å²) >= 11 is -1.88. The first-order valence-electron chi connectivity index (χ1n) is 32.0. The monoisotopic (exact) mass is 1620 g/mol. The molecule has 12 rings (SSSR count). The number of thioether (sulfide) groups is 2. The number of halogens is 12. The third kappa shape index (κ3) is 22.5. The van der Waals surface area contributed by atoms with Gasteiger partial charge in [0, 0.05) is 50.4 Å². The maximum Gasteiger partial charge on any atom is 0.442 e. The van der Waals surface area contributed by atoms with Crippen molar-refractivity contribution < 1.29 is 117 Å². The van der Waals surface area contributed by atoms with Crippen molar-refractivity contribution in [3.05, 3.63) is 347 Å². The van der Waals surface area contributed by atoms with Crippen molar-refractivity contribution in [2.24, 2.45) is 0 Å². The maximum absolute atomic E-state index is 14.8. The molecule has 12 aromatic carbocycles. The molecule has 0 aliphatic rings. The van der Waals surface area contributed by atoms with Crippen molar-refractivity contribution in [3.63, 3.8) is 0 Å². The second kappa shape index (κ2) is 36.4. The molecule has 0 radical (unpaired) electrons. The van der Waals surface area contributed by atoms with Crippen molar-refractivity contribution in [1.29, 1.82) is 0 Å². The summed E-state index contributed by atoms with van der Waals surface area (Å²) in [6.07, 6.45) is 0. The predicted octanol–water partition coefficient (Wildman–Crippen LogP) is 22.7. The smallest absolute Gasteiger partial charge is 0.442 e. The maximum atomic E-state index is 14.8. The first-order chi connectivity index (χ1) is 52.2. The SMILES string of the molecule is C.Cc1ccc(C(=O)c2ccc(Oc3ccc(-c4ccc(Oc5ccc(SC(F)(F)C(F)(F)S(=O)(=O)O)c(Oc6ccc(-c7ccc(C)cc7)cc6)c5)cc4)cc3)cc2)cc1.O=C(c1ccc(F)cc1)c1ccc(F)cc1.O=C(c1ccc(O)cc1)c1ccc(O)cc1.O=S(=O)(O)C(F)(F)C(F)(F)Sc1cc(F)cc(F)c1. The first kappa shape index (κ1) is 85.9. The summed E-state index contributed by atoms with van der Waals surface area (Å²) in [5, 5.41) is -4.02. The van der Waals surface area contributed by atoms with Crippen LogP contribution >= 0.6 is 23.5 Å². The van der Waals surface area contributed by atoms with Crippen LogP contribution in [0, 0.1) is 37.1 Å². The van der Waals surface area contributed by atoms with Gasteiger partial charge in [-0.2, -0.15) is 52.0 Å². The Bertz CT molecular complexity index is 5270. The number of benzene rings is 12. The third-order valence-corrected chi connectivity index (χ3v) is 19.6. The van der Waals surface area contributed by atoms with Crippen LogP contribution in [0.25, 0.3) is 22.3 Å². The van der Waals surface area contributed by atoms with E-state index in [-0.39, 0.29) is 53.5 Å². The van der Waals surface area contributed by atoms with Crippen molar-refractivity contribution in [2.45, 2.75) is 52.1 Å². The van der Waals surface area contributed by atoms with E-state index in [1.54, 1.807) is 121 Å². The molecular formula is C82H60F12O14S4. The Morgan fingerprint density at radius 2 is 0.580 bits per heavy atom. The number of alkyl halides is 8. The van der Waals surface area contributed by atoms with Gasteiger partial charge in [0.2, 0.25) is 0 Å². The number of carbonyl (C=O) groups is 3. The molecule has 0 spiro atoms. The topological polar surface area (TPSA) is 228 Å². The van der Waals surface area contributed by atoms with Crippen molar-refractivity contribution in [3.8, 4) is 68.2 Å². The van der Waals surface area contributed by atoms with Crippen LogP contribution in [0.1, 0.15) is 66.3 Å². The third-order valence-electron chi connectivity index (χ3n) is 15.4. The molecule has 0 fully saturated rings. The molecular weight excluding hydrogens is 1570 g/mol. The Morgan fingerprint density at radius 3 is 0.920 bits per heavy atom. The number of phenols is 2. The lowest BCUT2D eigenvalue weighted by atomic mass is 10.0.